The predicted octanol–water partition coefficient (Wildman–Crippen LogP) is 2.91. The third-order valence-corrected chi connectivity index (χ3v) is 5.15. The van der Waals surface area contributed by atoms with Gasteiger partial charge in [0.05, 0.1) is 7.11 Å². The molecule has 23 heavy (non-hydrogen) atoms. The summed E-state index contributed by atoms with van der Waals surface area (Å²) in [4.78, 5) is 30.6. The monoisotopic (exact) mass is 357 g/mol. The van der Waals surface area contributed by atoms with Crippen molar-refractivity contribution in [2.75, 3.05) is 20.2 Å². The van der Waals surface area contributed by atoms with Crippen molar-refractivity contribution in [3.8, 4) is 0 Å². The van der Waals surface area contributed by atoms with Gasteiger partial charge in [0.15, 0.2) is 11.4 Å². The second-order valence-corrected chi connectivity index (χ2v) is 6.79. The van der Waals surface area contributed by atoms with Crippen molar-refractivity contribution in [1.82, 2.24) is 5.06 Å². The Morgan fingerprint density at radius 3 is 2.48 bits per heavy atom. The van der Waals surface area contributed by atoms with Crippen LogP contribution in [0.1, 0.15) is 29.9 Å². The fourth-order valence-corrected chi connectivity index (χ4v) is 4.08. The van der Waals surface area contributed by atoms with E-state index in [9.17, 15) is 9.59 Å². The molecule has 1 atom stereocenters. The molecule has 7 heteroatoms. The molecular weight excluding hydrogens is 341 g/mol. The molecule has 0 radical (unpaired) electrons. The van der Waals surface area contributed by atoms with Crippen molar-refractivity contribution in [3.63, 3.8) is 0 Å². The molecule has 1 aromatic rings. The highest BCUT2D eigenvalue weighted by Gasteiger charge is 2.57. The van der Waals surface area contributed by atoms with Crippen LogP contribution in [0.5, 0.6) is 0 Å². The molecule has 1 aromatic carbocycles. The van der Waals surface area contributed by atoms with Crippen LogP contribution in [0.25, 0.3) is 0 Å². The highest BCUT2D eigenvalue weighted by molar-refractivity contribution is 6.36. The molecule has 1 unspecified atom stereocenters. The van der Waals surface area contributed by atoms with E-state index in [1.807, 2.05) is 0 Å². The third kappa shape index (κ3) is 2.76. The number of hydrogen-bond donors (Lipinski definition) is 0. The Labute approximate surface area is 144 Å². The van der Waals surface area contributed by atoms with E-state index in [1.54, 1.807) is 31.2 Å². The molecule has 0 amide bonds. The number of aryl methyl sites for hydroxylation is 1. The minimum Gasteiger partial charge on any atom is -0.450 e. The Bertz CT molecular complexity index is 645. The zero-order valence-electron chi connectivity index (χ0n) is 12.9. The second-order valence-electron chi connectivity index (χ2n) is 5.94. The first-order valence-corrected chi connectivity index (χ1v) is 8.15. The normalized spacial score (nSPS) is 24.3. The number of piperidine rings is 1. The molecular formula is C16H17Cl2NO4. The molecule has 3 rings (SSSR count). The molecule has 2 fully saturated rings. The highest BCUT2D eigenvalue weighted by Crippen LogP contribution is 2.43. The first kappa shape index (κ1) is 16.7. The first-order chi connectivity index (χ1) is 10.9. The fourth-order valence-electron chi connectivity index (χ4n) is 3.38. The maximum absolute atomic E-state index is 13.0. The first-order valence-electron chi connectivity index (χ1n) is 7.40. The second kappa shape index (κ2) is 6.06. The van der Waals surface area contributed by atoms with Crippen LogP contribution in [0.2, 0.25) is 10.0 Å². The molecule has 1 spiro atoms. The van der Waals surface area contributed by atoms with Gasteiger partial charge in [-0.1, -0.05) is 23.2 Å². The van der Waals surface area contributed by atoms with E-state index in [4.69, 9.17) is 32.8 Å². The lowest BCUT2D eigenvalue weighted by molar-refractivity contribution is -0.184. The minimum atomic E-state index is -1.06. The van der Waals surface area contributed by atoms with Gasteiger partial charge in [0.25, 0.3) is 0 Å². The zero-order chi connectivity index (χ0) is 16.8. The highest BCUT2D eigenvalue weighted by atomic mass is 35.5. The topological polar surface area (TPSA) is 55.8 Å². The lowest BCUT2D eigenvalue weighted by Crippen LogP contribution is -2.48. The van der Waals surface area contributed by atoms with Gasteiger partial charge >= 0.3 is 5.97 Å². The predicted molar refractivity (Wildman–Crippen MR) is 85.6 cm³/mol. The van der Waals surface area contributed by atoms with Crippen LogP contribution in [0.4, 0.5) is 0 Å². The Balaban J connectivity index is 1.94. The lowest BCUT2D eigenvalue weighted by Gasteiger charge is -2.35. The number of rotatable bonds is 2. The summed E-state index contributed by atoms with van der Waals surface area (Å²) < 4.78 is 5.54. The van der Waals surface area contributed by atoms with Gasteiger partial charge in [-0.15, -0.1) is 0 Å². The van der Waals surface area contributed by atoms with Crippen LogP contribution in [0.15, 0.2) is 12.1 Å². The maximum atomic E-state index is 13.0. The van der Waals surface area contributed by atoms with Gasteiger partial charge in [0, 0.05) is 36.0 Å². The van der Waals surface area contributed by atoms with Crippen LogP contribution >= 0.6 is 23.2 Å². The minimum absolute atomic E-state index is 0.217. The lowest BCUT2D eigenvalue weighted by atomic mass is 9.81. The fraction of sp³-hybridized carbons (Fsp3) is 0.500. The average Bonchev–Trinajstić information content (AvgIpc) is 2.72. The van der Waals surface area contributed by atoms with Crippen molar-refractivity contribution in [2.24, 2.45) is 0 Å². The van der Waals surface area contributed by atoms with E-state index in [0.717, 1.165) is 0 Å². The van der Waals surface area contributed by atoms with Crippen molar-refractivity contribution in [3.05, 3.63) is 33.3 Å². The maximum Gasteiger partial charge on any atom is 0.322 e. The standard InChI is InChI=1S/C16H17Cl2NO4/c1-9-7-10(17)8-11(18)12(9)13-14(20)16(23-15(13)21)3-5-19(22-2)6-4-16/h7-8,13H,3-6H2,1-2H3. The SMILES string of the molecule is CON1CCC2(CC1)OC(=O)C(c1c(C)cc(Cl)cc1Cl)C2=O. The van der Waals surface area contributed by atoms with E-state index in [1.165, 1.54) is 0 Å². The van der Waals surface area contributed by atoms with Crippen LogP contribution in [0, 0.1) is 6.92 Å². The number of Topliss-reactive ketones (excluding diaryl/α,β-unsaturated/α-hetero) is 1. The largest absolute Gasteiger partial charge is 0.450 e. The van der Waals surface area contributed by atoms with Gasteiger partial charge < -0.3 is 9.57 Å². The van der Waals surface area contributed by atoms with Gasteiger partial charge in [0.2, 0.25) is 0 Å². The van der Waals surface area contributed by atoms with Crippen molar-refractivity contribution in [1.29, 1.82) is 0 Å². The Morgan fingerprint density at radius 1 is 1.26 bits per heavy atom. The molecule has 5 nitrogen and oxygen atoms in total. The molecule has 0 bridgehead atoms. The van der Waals surface area contributed by atoms with Gasteiger partial charge in [-0.3, -0.25) is 9.59 Å². The molecule has 0 aliphatic carbocycles. The summed E-state index contributed by atoms with van der Waals surface area (Å²) in [6.45, 7) is 2.86. The van der Waals surface area contributed by atoms with E-state index in [-0.39, 0.29) is 5.78 Å². The number of benzene rings is 1. The molecule has 0 aromatic heterocycles. The van der Waals surface area contributed by atoms with Crippen molar-refractivity contribution >= 4 is 35.0 Å². The number of carbonyl (C=O) groups is 2. The Morgan fingerprint density at radius 2 is 1.91 bits per heavy atom. The summed E-state index contributed by atoms with van der Waals surface area (Å²) >= 11 is 12.2. The van der Waals surface area contributed by atoms with Crippen molar-refractivity contribution < 1.29 is 19.2 Å². The Kier molecular flexibility index (Phi) is 4.40. The molecule has 124 valence electrons. The number of esters is 1. The van der Waals surface area contributed by atoms with E-state index in [0.29, 0.717) is 47.1 Å². The van der Waals surface area contributed by atoms with Gasteiger partial charge in [0.1, 0.15) is 5.92 Å². The molecule has 0 N–H and O–H groups in total. The summed E-state index contributed by atoms with van der Waals surface area (Å²) in [5.74, 6) is -1.73. The number of ketones is 1. The number of carbonyl (C=O) groups excluding carboxylic acids is 2. The van der Waals surface area contributed by atoms with E-state index < -0.39 is 17.5 Å². The zero-order valence-corrected chi connectivity index (χ0v) is 14.4. The summed E-state index contributed by atoms with van der Waals surface area (Å²) in [5.41, 5.74) is 0.146. The van der Waals surface area contributed by atoms with Gasteiger partial charge in [-0.25, -0.2) is 0 Å². The summed E-state index contributed by atoms with van der Waals surface area (Å²) in [7, 11) is 1.58. The number of halogens is 2. The number of hydroxylamine groups is 2. The Hall–Kier alpha value is -1.14. The number of hydrogen-bond acceptors (Lipinski definition) is 5. The van der Waals surface area contributed by atoms with E-state index >= 15 is 0 Å². The molecule has 2 saturated heterocycles. The number of nitrogens with zero attached hydrogens (tertiary/aromatic N) is 1. The number of ether oxygens (including phenoxy) is 1. The third-order valence-electron chi connectivity index (χ3n) is 4.62. The van der Waals surface area contributed by atoms with Crippen LogP contribution in [-0.2, 0) is 19.2 Å². The van der Waals surface area contributed by atoms with Crippen LogP contribution < -0.4 is 0 Å². The van der Waals surface area contributed by atoms with E-state index in [2.05, 4.69) is 0 Å². The average molecular weight is 358 g/mol. The molecule has 2 aliphatic rings. The van der Waals surface area contributed by atoms with Gasteiger partial charge in [-0.05, 0) is 30.2 Å². The van der Waals surface area contributed by atoms with Gasteiger partial charge in [-0.2, -0.15) is 5.06 Å². The van der Waals surface area contributed by atoms with Crippen LogP contribution in [-0.4, -0.2) is 42.6 Å². The molecule has 2 aliphatic heterocycles. The molecule has 0 saturated carbocycles. The van der Waals surface area contributed by atoms with Crippen molar-refractivity contribution in [2.45, 2.75) is 31.3 Å². The quantitative estimate of drug-likeness (QED) is 0.601. The summed E-state index contributed by atoms with van der Waals surface area (Å²) in [6.07, 6.45) is 0.846. The smallest absolute Gasteiger partial charge is 0.322 e. The van der Waals surface area contributed by atoms with Crippen LogP contribution in [0.3, 0.4) is 0 Å². The summed E-state index contributed by atoms with van der Waals surface area (Å²) in [5, 5.41) is 2.54. The molecule has 2 heterocycles. The summed E-state index contributed by atoms with van der Waals surface area (Å²) in [6, 6.07) is 3.24.